The molecule has 0 aliphatic carbocycles. The SMILES string of the molecule is CN(Cc1cn[nH]c1-c1ccc(F)cc1)C(=O)c1nc(-n2cnnc2)n[nH]1. The molecular weight excluding hydrogens is 353 g/mol. The van der Waals surface area contributed by atoms with Gasteiger partial charge in [0, 0.05) is 24.7 Å². The summed E-state index contributed by atoms with van der Waals surface area (Å²) in [4.78, 5) is 18.3. The molecule has 3 aromatic heterocycles. The van der Waals surface area contributed by atoms with Gasteiger partial charge in [-0.2, -0.15) is 10.1 Å². The molecule has 0 radical (unpaired) electrons. The number of halogens is 1. The van der Waals surface area contributed by atoms with Gasteiger partial charge < -0.3 is 4.90 Å². The molecule has 0 unspecified atom stereocenters. The molecule has 1 amide bonds. The number of hydrogen-bond acceptors (Lipinski definition) is 6. The number of aromatic nitrogens is 8. The van der Waals surface area contributed by atoms with Crippen LogP contribution in [0.25, 0.3) is 17.2 Å². The van der Waals surface area contributed by atoms with Crippen LogP contribution in [-0.2, 0) is 6.54 Å². The number of carbonyl (C=O) groups is 1. The van der Waals surface area contributed by atoms with Gasteiger partial charge in [-0.1, -0.05) is 0 Å². The minimum atomic E-state index is -0.340. The lowest BCUT2D eigenvalue weighted by molar-refractivity contribution is 0.0773. The van der Waals surface area contributed by atoms with Gasteiger partial charge in [0.1, 0.15) is 18.5 Å². The third kappa shape index (κ3) is 3.29. The highest BCUT2D eigenvalue weighted by atomic mass is 19.1. The molecule has 3 heterocycles. The average Bonchev–Trinajstić information content (AvgIpc) is 3.42. The van der Waals surface area contributed by atoms with Crippen molar-refractivity contribution in [3.8, 4) is 17.2 Å². The molecule has 136 valence electrons. The van der Waals surface area contributed by atoms with Crippen molar-refractivity contribution >= 4 is 5.91 Å². The summed E-state index contributed by atoms with van der Waals surface area (Å²) < 4.78 is 14.6. The summed E-state index contributed by atoms with van der Waals surface area (Å²) in [7, 11) is 1.64. The van der Waals surface area contributed by atoms with E-state index in [1.807, 2.05) is 0 Å². The molecule has 0 aliphatic heterocycles. The van der Waals surface area contributed by atoms with Crippen LogP contribution in [0.1, 0.15) is 16.2 Å². The first-order valence-corrected chi connectivity index (χ1v) is 7.93. The molecular formula is C16H14FN9O. The fraction of sp³-hybridized carbons (Fsp3) is 0.125. The number of nitrogens with zero attached hydrogens (tertiary/aromatic N) is 7. The molecule has 0 saturated heterocycles. The Bertz CT molecular complexity index is 1050. The number of amides is 1. The van der Waals surface area contributed by atoms with E-state index in [1.165, 1.54) is 34.3 Å². The van der Waals surface area contributed by atoms with E-state index in [9.17, 15) is 9.18 Å². The van der Waals surface area contributed by atoms with Crippen molar-refractivity contribution in [2.24, 2.45) is 0 Å². The number of rotatable bonds is 5. The van der Waals surface area contributed by atoms with Crippen molar-refractivity contribution in [1.82, 2.24) is 45.0 Å². The molecule has 0 bridgehead atoms. The first-order chi connectivity index (χ1) is 13.1. The molecule has 0 atom stereocenters. The third-order valence-corrected chi connectivity index (χ3v) is 3.93. The zero-order valence-electron chi connectivity index (χ0n) is 14.2. The maximum atomic E-state index is 13.1. The molecule has 4 rings (SSSR count). The lowest BCUT2D eigenvalue weighted by Gasteiger charge is -2.15. The summed E-state index contributed by atoms with van der Waals surface area (Å²) >= 11 is 0. The van der Waals surface area contributed by atoms with Crippen molar-refractivity contribution in [3.63, 3.8) is 0 Å². The fourth-order valence-electron chi connectivity index (χ4n) is 2.57. The smallest absolute Gasteiger partial charge is 0.291 e. The molecule has 0 fully saturated rings. The van der Waals surface area contributed by atoms with Gasteiger partial charge in [0.25, 0.3) is 11.9 Å². The second-order valence-electron chi connectivity index (χ2n) is 5.79. The van der Waals surface area contributed by atoms with Gasteiger partial charge in [-0.15, -0.1) is 15.3 Å². The highest BCUT2D eigenvalue weighted by Gasteiger charge is 2.19. The summed E-state index contributed by atoms with van der Waals surface area (Å²) in [5, 5.41) is 20.9. The topological polar surface area (TPSA) is 121 Å². The first-order valence-electron chi connectivity index (χ1n) is 7.93. The van der Waals surface area contributed by atoms with E-state index in [-0.39, 0.29) is 30.0 Å². The number of carbonyl (C=O) groups excluding carboxylic acids is 1. The predicted octanol–water partition coefficient (Wildman–Crippen LogP) is 1.19. The average molecular weight is 367 g/mol. The molecule has 1 aromatic carbocycles. The minimum Gasteiger partial charge on any atom is -0.335 e. The van der Waals surface area contributed by atoms with Gasteiger partial charge in [0.05, 0.1) is 11.9 Å². The summed E-state index contributed by atoms with van der Waals surface area (Å²) in [5.41, 5.74) is 2.28. The Morgan fingerprint density at radius 3 is 2.67 bits per heavy atom. The number of aromatic amines is 2. The fourth-order valence-corrected chi connectivity index (χ4v) is 2.57. The lowest BCUT2D eigenvalue weighted by Crippen LogP contribution is -2.27. The Balaban J connectivity index is 1.51. The van der Waals surface area contributed by atoms with Gasteiger partial charge >= 0.3 is 0 Å². The Hall–Kier alpha value is -3.89. The molecule has 0 aliphatic rings. The second kappa shape index (κ2) is 6.78. The maximum absolute atomic E-state index is 13.1. The Labute approximate surface area is 152 Å². The Morgan fingerprint density at radius 2 is 1.93 bits per heavy atom. The van der Waals surface area contributed by atoms with Crippen LogP contribution < -0.4 is 0 Å². The first kappa shape index (κ1) is 16.6. The van der Waals surface area contributed by atoms with Crippen LogP contribution in [-0.4, -0.2) is 58.0 Å². The van der Waals surface area contributed by atoms with Crippen LogP contribution in [0.15, 0.2) is 43.1 Å². The largest absolute Gasteiger partial charge is 0.335 e. The van der Waals surface area contributed by atoms with Crippen LogP contribution in [0.5, 0.6) is 0 Å². The lowest BCUT2D eigenvalue weighted by atomic mass is 10.1. The summed E-state index contributed by atoms with van der Waals surface area (Å²) in [6.45, 7) is 0.282. The van der Waals surface area contributed by atoms with Crippen molar-refractivity contribution < 1.29 is 9.18 Å². The third-order valence-electron chi connectivity index (χ3n) is 3.93. The van der Waals surface area contributed by atoms with Gasteiger partial charge in [-0.3, -0.25) is 19.6 Å². The Kier molecular flexibility index (Phi) is 4.16. The number of H-pyrrole nitrogens is 2. The van der Waals surface area contributed by atoms with Crippen molar-refractivity contribution in [3.05, 3.63) is 60.3 Å². The highest BCUT2D eigenvalue weighted by molar-refractivity contribution is 5.90. The van der Waals surface area contributed by atoms with Gasteiger partial charge in [0.2, 0.25) is 5.82 Å². The van der Waals surface area contributed by atoms with E-state index in [1.54, 1.807) is 25.4 Å². The van der Waals surface area contributed by atoms with Crippen molar-refractivity contribution in [2.45, 2.75) is 6.54 Å². The van der Waals surface area contributed by atoms with Crippen LogP contribution in [0.2, 0.25) is 0 Å². The number of hydrogen-bond donors (Lipinski definition) is 2. The zero-order valence-corrected chi connectivity index (χ0v) is 14.2. The van der Waals surface area contributed by atoms with Crippen LogP contribution >= 0.6 is 0 Å². The molecule has 10 nitrogen and oxygen atoms in total. The summed E-state index contributed by atoms with van der Waals surface area (Å²) in [5.74, 6) is -0.297. The van der Waals surface area contributed by atoms with Crippen LogP contribution in [0.3, 0.4) is 0 Å². The molecule has 4 aromatic rings. The number of benzene rings is 1. The summed E-state index contributed by atoms with van der Waals surface area (Å²) in [6.07, 6.45) is 4.49. The standard InChI is InChI=1S/C16H14FN9O/c1-25(15(27)14-21-16(24-23-14)26-8-19-20-9-26)7-11-6-18-22-13(11)10-2-4-12(17)5-3-10/h2-6,8-9H,7H2,1H3,(H,18,22)(H,21,23,24). The monoisotopic (exact) mass is 367 g/mol. The van der Waals surface area contributed by atoms with Gasteiger partial charge in [-0.05, 0) is 24.3 Å². The number of nitrogens with one attached hydrogen (secondary N) is 2. The normalized spacial score (nSPS) is 10.9. The van der Waals surface area contributed by atoms with E-state index < -0.39 is 0 Å². The molecule has 0 spiro atoms. The van der Waals surface area contributed by atoms with E-state index in [0.29, 0.717) is 0 Å². The van der Waals surface area contributed by atoms with Crippen molar-refractivity contribution in [1.29, 1.82) is 0 Å². The van der Waals surface area contributed by atoms with E-state index >= 15 is 0 Å². The molecule has 0 saturated carbocycles. The second-order valence-corrected chi connectivity index (χ2v) is 5.79. The van der Waals surface area contributed by atoms with E-state index in [2.05, 4.69) is 35.6 Å². The molecule has 27 heavy (non-hydrogen) atoms. The quantitative estimate of drug-likeness (QED) is 0.546. The minimum absolute atomic E-state index is 0.0908. The van der Waals surface area contributed by atoms with E-state index in [0.717, 1.165) is 16.8 Å². The molecule has 2 N–H and O–H groups in total. The molecule has 11 heteroatoms. The summed E-state index contributed by atoms with van der Waals surface area (Å²) in [6, 6.07) is 6.04. The van der Waals surface area contributed by atoms with Crippen molar-refractivity contribution in [2.75, 3.05) is 7.05 Å². The maximum Gasteiger partial charge on any atom is 0.291 e. The van der Waals surface area contributed by atoms with Gasteiger partial charge in [-0.25, -0.2) is 4.39 Å². The van der Waals surface area contributed by atoms with Crippen LogP contribution in [0.4, 0.5) is 4.39 Å². The van der Waals surface area contributed by atoms with Gasteiger partial charge in [0.15, 0.2) is 0 Å². The van der Waals surface area contributed by atoms with E-state index in [4.69, 9.17) is 0 Å². The van der Waals surface area contributed by atoms with Crippen LogP contribution in [0, 0.1) is 5.82 Å². The zero-order chi connectivity index (χ0) is 18.8. The predicted molar refractivity (Wildman–Crippen MR) is 91.1 cm³/mol. The Morgan fingerprint density at radius 1 is 1.19 bits per heavy atom. The highest BCUT2D eigenvalue weighted by Crippen LogP contribution is 2.22.